The smallest absolute Gasteiger partial charge is 0.142 e. The topological polar surface area (TPSA) is 26.0 Å². The second kappa shape index (κ2) is 3.87. The minimum absolute atomic E-state index is 0.0470. The van der Waals surface area contributed by atoms with E-state index in [9.17, 15) is 4.39 Å². The van der Waals surface area contributed by atoms with E-state index in [0.29, 0.717) is 0 Å². The fraction of sp³-hybridized carbons (Fsp3) is 0.455. The highest BCUT2D eigenvalue weighted by Gasteiger charge is 2.24. The summed E-state index contributed by atoms with van der Waals surface area (Å²) in [5.74, 6) is 0.374. The van der Waals surface area contributed by atoms with Crippen molar-refractivity contribution in [2.45, 2.75) is 25.3 Å². The molecule has 0 amide bonds. The Morgan fingerprint density at radius 2 is 2.21 bits per heavy atom. The van der Waals surface area contributed by atoms with Crippen LogP contribution in [0, 0.1) is 11.7 Å². The van der Waals surface area contributed by atoms with Gasteiger partial charge >= 0.3 is 0 Å². The Balaban J connectivity index is 2.10. The summed E-state index contributed by atoms with van der Waals surface area (Å²) in [6.45, 7) is 0. The monoisotopic (exact) mass is 213 g/mol. The van der Waals surface area contributed by atoms with Crippen LogP contribution in [0.3, 0.4) is 0 Å². The van der Waals surface area contributed by atoms with Gasteiger partial charge in [-0.2, -0.15) is 0 Å². The lowest BCUT2D eigenvalue weighted by Gasteiger charge is -2.11. The summed E-state index contributed by atoms with van der Waals surface area (Å²) in [5, 5.41) is 0.160. The van der Waals surface area contributed by atoms with Crippen LogP contribution in [-0.2, 0) is 0 Å². The fourth-order valence-electron chi connectivity index (χ4n) is 1.59. The Morgan fingerprint density at radius 3 is 2.79 bits per heavy atom. The van der Waals surface area contributed by atoms with Crippen LogP contribution in [0.15, 0.2) is 18.2 Å². The van der Waals surface area contributed by atoms with Crippen LogP contribution in [0.5, 0.6) is 0 Å². The molecule has 1 nitrogen and oxygen atoms in total. The molecule has 2 N–H and O–H groups in total. The largest absolute Gasteiger partial charge is 0.324 e. The normalized spacial score (nSPS) is 18.2. The standard InChI is InChI=1S/C11H13ClFN/c12-9-4-3-8(6-10(9)13)11(14)5-7-1-2-7/h3-4,6-7,11H,1-2,5,14H2. The molecule has 76 valence electrons. The van der Waals surface area contributed by atoms with Crippen molar-refractivity contribution >= 4 is 11.6 Å². The quantitative estimate of drug-likeness (QED) is 0.820. The van der Waals surface area contributed by atoms with E-state index in [1.165, 1.54) is 18.9 Å². The molecule has 0 spiro atoms. The number of nitrogens with two attached hydrogens (primary N) is 1. The van der Waals surface area contributed by atoms with Crippen molar-refractivity contribution in [3.63, 3.8) is 0 Å². The molecular weight excluding hydrogens is 201 g/mol. The van der Waals surface area contributed by atoms with Gasteiger partial charge in [0, 0.05) is 6.04 Å². The maximum atomic E-state index is 13.1. The molecule has 0 saturated heterocycles. The van der Waals surface area contributed by atoms with Crippen molar-refractivity contribution in [3.05, 3.63) is 34.6 Å². The van der Waals surface area contributed by atoms with Crippen molar-refractivity contribution in [2.24, 2.45) is 11.7 Å². The Hall–Kier alpha value is -0.600. The average Bonchev–Trinajstić information content (AvgIpc) is 2.93. The van der Waals surface area contributed by atoms with Gasteiger partial charge in [-0.3, -0.25) is 0 Å². The number of benzene rings is 1. The minimum atomic E-state index is -0.379. The summed E-state index contributed by atoms with van der Waals surface area (Å²) in [4.78, 5) is 0. The molecule has 1 fully saturated rings. The lowest BCUT2D eigenvalue weighted by Crippen LogP contribution is -2.11. The maximum absolute atomic E-state index is 13.1. The van der Waals surface area contributed by atoms with E-state index in [1.807, 2.05) is 0 Å². The first-order valence-corrected chi connectivity index (χ1v) is 5.25. The third-order valence-corrected chi connectivity index (χ3v) is 2.96. The molecular formula is C11H13ClFN. The molecule has 1 saturated carbocycles. The SMILES string of the molecule is NC(CC1CC1)c1ccc(Cl)c(F)c1. The zero-order valence-electron chi connectivity index (χ0n) is 7.84. The molecule has 0 aliphatic heterocycles. The molecule has 0 aromatic heterocycles. The lowest BCUT2D eigenvalue weighted by molar-refractivity contribution is 0.583. The Kier molecular flexibility index (Phi) is 2.75. The molecule has 0 radical (unpaired) electrons. The van der Waals surface area contributed by atoms with Gasteiger partial charge in [0.1, 0.15) is 5.82 Å². The second-order valence-corrected chi connectivity index (χ2v) is 4.37. The summed E-state index contributed by atoms with van der Waals surface area (Å²) in [7, 11) is 0. The van der Waals surface area contributed by atoms with Crippen molar-refractivity contribution in [3.8, 4) is 0 Å². The highest BCUT2D eigenvalue weighted by atomic mass is 35.5. The highest BCUT2D eigenvalue weighted by Crippen LogP contribution is 2.37. The van der Waals surface area contributed by atoms with E-state index in [2.05, 4.69) is 0 Å². The van der Waals surface area contributed by atoms with Crippen molar-refractivity contribution in [2.75, 3.05) is 0 Å². The minimum Gasteiger partial charge on any atom is -0.324 e. The van der Waals surface area contributed by atoms with E-state index >= 15 is 0 Å². The Bertz CT molecular complexity index is 336. The molecule has 14 heavy (non-hydrogen) atoms. The van der Waals surface area contributed by atoms with Gasteiger partial charge in [0.15, 0.2) is 0 Å². The Morgan fingerprint density at radius 1 is 1.50 bits per heavy atom. The number of hydrogen-bond acceptors (Lipinski definition) is 1. The van der Waals surface area contributed by atoms with Gasteiger partial charge in [0.2, 0.25) is 0 Å². The highest BCUT2D eigenvalue weighted by molar-refractivity contribution is 6.30. The van der Waals surface area contributed by atoms with Gasteiger partial charge in [0.25, 0.3) is 0 Å². The molecule has 1 aromatic rings. The van der Waals surface area contributed by atoms with Crippen LogP contribution in [0.25, 0.3) is 0 Å². The van der Waals surface area contributed by atoms with E-state index in [0.717, 1.165) is 17.9 Å². The van der Waals surface area contributed by atoms with Crippen LogP contribution in [0.1, 0.15) is 30.9 Å². The first-order chi connectivity index (χ1) is 6.66. The van der Waals surface area contributed by atoms with E-state index < -0.39 is 0 Å². The third kappa shape index (κ3) is 2.25. The van der Waals surface area contributed by atoms with Gasteiger partial charge in [-0.25, -0.2) is 4.39 Å². The predicted molar refractivity (Wildman–Crippen MR) is 55.7 cm³/mol. The van der Waals surface area contributed by atoms with Gasteiger partial charge < -0.3 is 5.73 Å². The Labute approximate surface area is 88.1 Å². The molecule has 1 unspecified atom stereocenters. The average molecular weight is 214 g/mol. The first-order valence-electron chi connectivity index (χ1n) is 4.87. The molecule has 1 aliphatic carbocycles. The van der Waals surface area contributed by atoms with Crippen molar-refractivity contribution in [1.82, 2.24) is 0 Å². The van der Waals surface area contributed by atoms with Crippen molar-refractivity contribution < 1.29 is 4.39 Å². The zero-order valence-corrected chi connectivity index (χ0v) is 8.60. The molecule has 0 heterocycles. The van der Waals surface area contributed by atoms with E-state index in [-0.39, 0.29) is 16.9 Å². The summed E-state index contributed by atoms with van der Waals surface area (Å²) in [5.41, 5.74) is 6.79. The van der Waals surface area contributed by atoms with Gasteiger partial charge in [-0.15, -0.1) is 0 Å². The maximum Gasteiger partial charge on any atom is 0.142 e. The summed E-state index contributed by atoms with van der Waals surface area (Å²) in [6.07, 6.45) is 3.49. The second-order valence-electron chi connectivity index (χ2n) is 3.96. The zero-order chi connectivity index (χ0) is 10.1. The molecule has 0 bridgehead atoms. The number of hydrogen-bond donors (Lipinski definition) is 1. The third-order valence-electron chi connectivity index (χ3n) is 2.66. The van der Waals surface area contributed by atoms with E-state index in [4.69, 9.17) is 17.3 Å². The van der Waals surface area contributed by atoms with Crippen molar-refractivity contribution in [1.29, 1.82) is 0 Å². The van der Waals surface area contributed by atoms with Gasteiger partial charge in [-0.05, 0) is 30.0 Å². The summed E-state index contributed by atoms with van der Waals surface area (Å²) in [6, 6.07) is 4.77. The molecule has 3 heteroatoms. The summed E-state index contributed by atoms with van der Waals surface area (Å²) >= 11 is 5.59. The van der Waals surface area contributed by atoms with Crippen LogP contribution in [0.2, 0.25) is 5.02 Å². The number of halogens is 2. The fourth-order valence-corrected chi connectivity index (χ4v) is 1.71. The lowest BCUT2D eigenvalue weighted by atomic mass is 10.0. The van der Waals surface area contributed by atoms with Crippen LogP contribution in [-0.4, -0.2) is 0 Å². The van der Waals surface area contributed by atoms with Gasteiger partial charge in [0.05, 0.1) is 5.02 Å². The van der Waals surface area contributed by atoms with Crippen LogP contribution >= 0.6 is 11.6 Å². The van der Waals surface area contributed by atoms with Crippen LogP contribution in [0.4, 0.5) is 4.39 Å². The molecule has 2 rings (SSSR count). The summed E-state index contributed by atoms with van der Waals surface area (Å²) < 4.78 is 13.1. The molecule has 1 atom stereocenters. The van der Waals surface area contributed by atoms with E-state index in [1.54, 1.807) is 12.1 Å². The molecule has 1 aromatic carbocycles. The predicted octanol–water partition coefficient (Wildman–Crippen LogP) is 3.28. The number of rotatable bonds is 3. The molecule has 1 aliphatic rings. The first kappa shape index (κ1) is 9.94. The van der Waals surface area contributed by atoms with Crippen LogP contribution < -0.4 is 5.73 Å². The van der Waals surface area contributed by atoms with Gasteiger partial charge in [-0.1, -0.05) is 30.5 Å².